The van der Waals surface area contributed by atoms with Gasteiger partial charge in [-0.1, -0.05) is 25.3 Å². The molecule has 1 aromatic rings. The molecule has 6 heteroatoms. The number of nitrogens with zero attached hydrogens (tertiary/aromatic N) is 1. The highest BCUT2D eigenvalue weighted by Gasteiger charge is 2.35. The van der Waals surface area contributed by atoms with Gasteiger partial charge in [0.1, 0.15) is 5.75 Å². The first-order valence-electron chi connectivity index (χ1n) is 9.18. The van der Waals surface area contributed by atoms with E-state index in [-0.39, 0.29) is 18.4 Å². The van der Waals surface area contributed by atoms with E-state index in [9.17, 15) is 9.59 Å². The molecule has 0 aromatic heterocycles. The lowest BCUT2D eigenvalue weighted by atomic mass is 9.82. The van der Waals surface area contributed by atoms with Crippen molar-refractivity contribution in [3.63, 3.8) is 0 Å². The highest BCUT2D eigenvalue weighted by molar-refractivity contribution is 5.98. The number of anilines is 1. The number of carbonyl (C=O) groups is 2. The Hall–Kier alpha value is -2.08. The topological polar surface area (TPSA) is 84.7 Å². The summed E-state index contributed by atoms with van der Waals surface area (Å²) >= 11 is 0. The van der Waals surface area contributed by atoms with Crippen LogP contribution < -0.4 is 15.8 Å². The summed E-state index contributed by atoms with van der Waals surface area (Å²) in [6.07, 6.45) is 6.69. The molecule has 1 saturated carbocycles. The fourth-order valence-electron chi connectivity index (χ4n) is 3.53. The molecule has 1 aliphatic heterocycles. The number of hydrogen-bond donors (Lipinski definition) is 2. The van der Waals surface area contributed by atoms with Crippen LogP contribution in [0.1, 0.15) is 44.9 Å². The Morgan fingerprint density at radius 2 is 1.84 bits per heavy atom. The number of benzene rings is 1. The van der Waals surface area contributed by atoms with Gasteiger partial charge in [-0.25, -0.2) is 0 Å². The molecule has 1 aliphatic carbocycles. The third kappa shape index (κ3) is 4.51. The lowest BCUT2D eigenvalue weighted by molar-refractivity contribution is -0.132. The van der Waals surface area contributed by atoms with Gasteiger partial charge in [0.2, 0.25) is 5.91 Å². The van der Waals surface area contributed by atoms with Gasteiger partial charge in [-0.05, 0) is 37.8 Å². The highest BCUT2D eigenvalue weighted by atomic mass is 16.5. The standard InChI is InChI=1S/C19H27N3O3/c20-19(9-2-1-3-10-19)18(24)21-15-7-6-8-16(13-15)25-14-17(23)22-11-4-5-12-22/h6-8,13H,1-5,9-12,14,20H2,(H,21,24). The molecule has 0 atom stereocenters. The second-order valence-electron chi connectivity index (χ2n) is 7.08. The molecule has 2 fully saturated rings. The Morgan fingerprint density at radius 3 is 2.56 bits per heavy atom. The summed E-state index contributed by atoms with van der Waals surface area (Å²) in [4.78, 5) is 26.4. The molecule has 1 heterocycles. The number of nitrogens with one attached hydrogen (secondary N) is 1. The third-order valence-electron chi connectivity index (χ3n) is 5.11. The second-order valence-corrected chi connectivity index (χ2v) is 7.08. The average Bonchev–Trinajstić information content (AvgIpc) is 3.15. The van der Waals surface area contributed by atoms with Crippen molar-refractivity contribution in [3.8, 4) is 5.75 Å². The predicted molar refractivity (Wildman–Crippen MR) is 96.4 cm³/mol. The van der Waals surface area contributed by atoms with E-state index in [4.69, 9.17) is 10.5 Å². The third-order valence-corrected chi connectivity index (χ3v) is 5.11. The minimum atomic E-state index is -0.777. The number of nitrogens with two attached hydrogens (primary N) is 1. The molecular formula is C19H27N3O3. The van der Waals surface area contributed by atoms with Crippen molar-refractivity contribution in [3.05, 3.63) is 24.3 Å². The van der Waals surface area contributed by atoms with Gasteiger partial charge in [0.25, 0.3) is 5.91 Å². The van der Waals surface area contributed by atoms with Crippen LogP contribution in [0.15, 0.2) is 24.3 Å². The maximum Gasteiger partial charge on any atom is 0.260 e. The molecule has 2 amide bonds. The fourth-order valence-corrected chi connectivity index (χ4v) is 3.53. The number of hydrogen-bond acceptors (Lipinski definition) is 4. The van der Waals surface area contributed by atoms with Crippen molar-refractivity contribution in [2.75, 3.05) is 25.0 Å². The van der Waals surface area contributed by atoms with Crippen LogP contribution in [0.3, 0.4) is 0 Å². The molecule has 6 nitrogen and oxygen atoms in total. The maximum atomic E-state index is 12.5. The number of rotatable bonds is 5. The number of ether oxygens (including phenoxy) is 1. The van der Waals surface area contributed by atoms with E-state index in [2.05, 4.69) is 5.32 Å². The minimum absolute atomic E-state index is 0.00931. The van der Waals surface area contributed by atoms with Crippen LogP contribution in [0.2, 0.25) is 0 Å². The Kier molecular flexibility index (Phi) is 5.58. The minimum Gasteiger partial charge on any atom is -0.484 e. The summed E-state index contributed by atoms with van der Waals surface area (Å²) in [6, 6.07) is 7.13. The zero-order valence-corrected chi connectivity index (χ0v) is 14.6. The molecule has 0 spiro atoms. The van der Waals surface area contributed by atoms with Gasteiger partial charge in [0.15, 0.2) is 6.61 Å². The summed E-state index contributed by atoms with van der Waals surface area (Å²) in [6.45, 7) is 1.66. The first-order chi connectivity index (χ1) is 12.1. The molecule has 1 saturated heterocycles. The SMILES string of the molecule is NC1(C(=O)Nc2cccc(OCC(=O)N3CCCC3)c2)CCCCC1. The van der Waals surface area contributed by atoms with Crippen molar-refractivity contribution in [1.82, 2.24) is 4.90 Å². The van der Waals surface area contributed by atoms with Crippen molar-refractivity contribution in [1.29, 1.82) is 0 Å². The Morgan fingerprint density at radius 1 is 1.12 bits per heavy atom. The van der Waals surface area contributed by atoms with Gasteiger partial charge in [-0.3, -0.25) is 9.59 Å². The molecule has 25 heavy (non-hydrogen) atoms. The average molecular weight is 345 g/mol. The molecule has 2 aliphatic rings. The lowest BCUT2D eigenvalue weighted by Gasteiger charge is -2.31. The number of carbonyl (C=O) groups excluding carboxylic acids is 2. The van der Waals surface area contributed by atoms with E-state index >= 15 is 0 Å². The van der Waals surface area contributed by atoms with Gasteiger partial charge >= 0.3 is 0 Å². The molecule has 0 bridgehead atoms. The summed E-state index contributed by atoms with van der Waals surface area (Å²) in [5.74, 6) is 0.438. The molecule has 136 valence electrons. The van der Waals surface area contributed by atoms with Crippen LogP contribution in [0, 0.1) is 0 Å². The van der Waals surface area contributed by atoms with Gasteiger partial charge in [0, 0.05) is 24.8 Å². The summed E-state index contributed by atoms with van der Waals surface area (Å²) in [5.41, 5.74) is 6.13. The van der Waals surface area contributed by atoms with Gasteiger partial charge in [-0.15, -0.1) is 0 Å². The van der Waals surface area contributed by atoms with Crippen LogP contribution in [0.4, 0.5) is 5.69 Å². The summed E-state index contributed by atoms with van der Waals surface area (Å²) in [7, 11) is 0. The summed E-state index contributed by atoms with van der Waals surface area (Å²) in [5, 5.41) is 2.90. The van der Waals surface area contributed by atoms with Gasteiger partial charge in [-0.2, -0.15) is 0 Å². The van der Waals surface area contributed by atoms with Crippen molar-refractivity contribution in [2.24, 2.45) is 5.73 Å². The fraction of sp³-hybridized carbons (Fsp3) is 0.579. The predicted octanol–water partition coefficient (Wildman–Crippen LogP) is 2.29. The lowest BCUT2D eigenvalue weighted by Crippen LogP contribution is -2.52. The molecule has 0 unspecified atom stereocenters. The van der Waals surface area contributed by atoms with Gasteiger partial charge in [0.05, 0.1) is 5.54 Å². The number of amides is 2. The van der Waals surface area contributed by atoms with Crippen molar-refractivity contribution in [2.45, 2.75) is 50.5 Å². The number of likely N-dealkylation sites (tertiary alicyclic amines) is 1. The van der Waals surface area contributed by atoms with Crippen molar-refractivity contribution < 1.29 is 14.3 Å². The van der Waals surface area contributed by atoms with E-state index in [1.807, 2.05) is 4.90 Å². The van der Waals surface area contributed by atoms with Crippen molar-refractivity contribution >= 4 is 17.5 Å². The maximum absolute atomic E-state index is 12.5. The smallest absolute Gasteiger partial charge is 0.260 e. The van der Waals surface area contributed by atoms with Gasteiger partial charge < -0.3 is 20.7 Å². The Balaban J connectivity index is 1.55. The zero-order chi connectivity index (χ0) is 17.7. The van der Waals surface area contributed by atoms with Crippen LogP contribution in [-0.2, 0) is 9.59 Å². The molecule has 0 radical (unpaired) electrons. The van der Waals surface area contributed by atoms with Crippen LogP contribution >= 0.6 is 0 Å². The monoisotopic (exact) mass is 345 g/mol. The molecular weight excluding hydrogens is 318 g/mol. The highest BCUT2D eigenvalue weighted by Crippen LogP contribution is 2.27. The van der Waals surface area contributed by atoms with Crippen LogP contribution in [0.25, 0.3) is 0 Å². The Bertz CT molecular complexity index is 620. The largest absolute Gasteiger partial charge is 0.484 e. The van der Waals surface area contributed by atoms with E-state index in [0.29, 0.717) is 11.4 Å². The Labute approximate surface area is 148 Å². The summed E-state index contributed by atoms with van der Waals surface area (Å²) < 4.78 is 5.60. The molecule has 1 aromatic carbocycles. The van der Waals surface area contributed by atoms with Crippen LogP contribution in [0.5, 0.6) is 5.75 Å². The van der Waals surface area contributed by atoms with E-state index in [0.717, 1.165) is 58.0 Å². The van der Waals surface area contributed by atoms with Crippen LogP contribution in [-0.4, -0.2) is 41.9 Å². The molecule has 3 rings (SSSR count). The van der Waals surface area contributed by atoms with E-state index in [1.165, 1.54) is 0 Å². The second kappa shape index (κ2) is 7.87. The first-order valence-corrected chi connectivity index (χ1v) is 9.18. The zero-order valence-electron chi connectivity index (χ0n) is 14.6. The first kappa shape index (κ1) is 17.7. The quantitative estimate of drug-likeness (QED) is 0.857. The molecule has 3 N–H and O–H groups in total. The normalized spacial score (nSPS) is 19.5. The van der Waals surface area contributed by atoms with E-state index < -0.39 is 5.54 Å². The van der Waals surface area contributed by atoms with E-state index in [1.54, 1.807) is 24.3 Å².